The van der Waals surface area contributed by atoms with Crippen molar-refractivity contribution >= 4 is 40.8 Å². The zero-order valence-corrected chi connectivity index (χ0v) is 19.2. The fraction of sp³-hybridized carbons (Fsp3) is 0.417. The Morgan fingerprint density at radius 3 is 2.50 bits per heavy atom. The minimum Gasteiger partial charge on any atom is -0.467 e. The first kappa shape index (κ1) is 21.4. The summed E-state index contributed by atoms with van der Waals surface area (Å²) in [6, 6.07) is 11.6. The molecule has 3 amide bonds. The van der Waals surface area contributed by atoms with E-state index in [0.717, 1.165) is 32.1 Å². The molecule has 0 unspecified atom stereocenters. The first-order chi connectivity index (χ1) is 15.4. The topological polar surface area (TPSA) is 70.7 Å². The second-order valence-electron chi connectivity index (χ2n) is 8.90. The standard InChI is InChI=1S/C24H25Cl2N3O3/c1-24-20(22(30)27-16-10-7-14(25)8-11-16)21(18-13-15(26)9-12-19(18)32-24)28-23(31)29(24)17-5-3-2-4-6-17/h7-13,17,20-21H,2-6H2,1H3,(H,27,30)(H,28,31)/t20-,21+,24-/m0/s1. The van der Waals surface area contributed by atoms with Crippen molar-refractivity contribution in [3.05, 3.63) is 58.1 Å². The van der Waals surface area contributed by atoms with Gasteiger partial charge in [-0.2, -0.15) is 0 Å². The van der Waals surface area contributed by atoms with Crippen LogP contribution in [0.4, 0.5) is 10.5 Å². The Balaban J connectivity index is 1.57. The van der Waals surface area contributed by atoms with Crippen molar-refractivity contribution in [3.8, 4) is 5.75 Å². The zero-order valence-electron chi connectivity index (χ0n) is 17.7. The van der Waals surface area contributed by atoms with Crippen molar-refractivity contribution in [2.75, 3.05) is 5.32 Å². The lowest BCUT2D eigenvalue weighted by Crippen LogP contribution is -2.73. The number of carbonyl (C=O) groups is 2. The van der Waals surface area contributed by atoms with Crippen molar-refractivity contribution in [1.29, 1.82) is 0 Å². The van der Waals surface area contributed by atoms with Gasteiger partial charge in [-0.3, -0.25) is 9.69 Å². The lowest BCUT2D eigenvalue weighted by atomic mass is 9.77. The fourth-order valence-electron chi connectivity index (χ4n) is 5.41. The fourth-order valence-corrected chi connectivity index (χ4v) is 5.72. The number of fused-ring (bicyclic) bond motifs is 4. The third-order valence-electron chi connectivity index (χ3n) is 6.84. The van der Waals surface area contributed by atoms with Gasteiger partial charge in [0.2, 0.25) is 5.91 Å². The molecule has 5 rings (SSSR count). The number of amides is 3. The van der Waals surface area contributed by atoms with Crippen molar-refractivity contribution in [3.63, 3.8) is 0 Å². The molecule has 2 aromatic rings. The Hall–Kier alpha value is -2.44. The highest BCUT2D eigenvalue weighted by Crippen LogP contribution is 2.50. The van der Waals surface area contributed by atoms with Gasteiger partial charge in [0.05, 0.1) is 6.04 Å². The molecule has 0 aromatic heterocycles. The summed E-state index contributed by atoms with van der Waals surface area (Å²) < 4.78 is 6.50. The molecular weight excluding hydrogens is 449 g/mol. The summed E-state index contributed by atoms with van der Waals surface area (Å²) in [5.74, 6) is -0.270. The van der Waals surface area contributed by atoms with E-state index in [-0.39, 0.29) is 18.0 Å². The molecule has 3 aliphatic rings. The summed E-state index contributed by atoms with van der Waals surface area (Å²) in [4.78, 5) is 28.8. The number of anilines is 1. The predicted molar refractivity (Wildman–Crippen MR) is 124 cm³/mol. The van der Waals surface area contributed by atoms with Gasteiger partial charge < -0.3 is 15.4 Å². The maximum Gasteiger partial charge on any atom is 0.321 e. The van der Waals surface area contributed by atoms with Crippen LogP contribution in [0.2, 0.25) is 10.0 Å². The molecule has 6 nitrogen and oxygen atoms in total. The molecule has 32 heavy (non-hydrogen) atoms. The SMILES string of the molecule is C[C@@]12Oc3ccc(Cl)cc3[C@@H](NC(=O)N1C1CCCCC1)[C@H]2C(=O)Nc1ccc(Cl)cc1. The van der Waals surface area contributed by atoms with E-state index >= 15 is 0 Å². The van der Waals surface area contributed by atoms with E-state index in [1.807, 2.05) is 13.0 Å². The van der Waals surface area contributed by atoms with Gasteiger partial charge >= 0.3 is 6.03 Å². The number of urea groups is 1. The van der Waals surface area contributed by atoms with Crippen LogP contribution in [0.3, 0.4) is 0 Å². The van der Waals surface area contributed by atoms with Crippen molar-refractivity contribution in [2.24, 2.45) is 5.92 Å². The molecule has 1 aliphatic carbocycles. The van der Waals surface area contributed by atoms with Crippen LogP contribution < -0.4 is 15.4 Å². The molecule has 1 saturated carbocycles. The van der Waals surface area contributed by atoms with E-state index in [1.165, 1.54) is 0 Å². The van der Waals surface area contributed by atoms with Crippen LogP contribution in [-0.4, -0.2) is 28.6 Å². The van der Waals surface area contributed by atoms with Gasteiger partial charge in [0.1, 0.15) is 11.7 Å². The number of nitrogens with zero attached hydrogens (tertiary/aromatic N) is 1. The second kappa shape index (κ2) is 8.16. The van der Waals surface area contributed by atoms with Gasteiger partial charge in [0, 0.05) is 27.3 Å². The van der Waals surface area contributed by atoms with Gasteiger partial charge in [0.15, 0.2) is 5.72 Å². The number of benzene rings is 2. The van der Waals surface area contributed by atoms with E-state index in [1.54, 1.807) is 41.3 Å². The van der Waals surface area contributed by atoms with E-state index in [2.05, 4.69) is 10.6 Å². The molecule has 168 valence electrons. The quantitative estimate of drug-likeness (QED) is 0.595. The Morgan fingerprint density at radius 1 is 1.09 bits per heavy atom. The first-order valence-electron chi connectivity index (χ1n) is 11.0. The number of nitrogens with one attached hydrogen (secondary N) is 2. The van der Waals surface area contributed by atoms with Gasteiger partial charge in [0.25, 0.3) is 0 Å². The Morgan fingerprint density at radius 2 is 1.78 bits per heavy atom. The molecule has 2 heterocycles. The number of hydrogen-bond acceptors (Lipinski definition) is 3. The highest BCUT2D eigenvalue weighted by atomic mass is 35.5. The molecule has 0 spiro atoms. The van der Waals surface area contributed by atoms with E-state index in [0.29, 0.717) is 27.0 Å². The molecule has 2 aromatic carbocycles. The van der Waals surface area contributed by atoms with Crippen LogP contribution in [0.1, 0.15) is 50.6 Å². The summed E-state index contributed by atoms with van der Waals surface area (Å²) in [7, 11) is 0. The molecule has 1 saturated heterocycles. The second-order valence-corrected chi connectivity index (χ2v) is 9.77. The molecule has 2 bridgehead atoms. The summed E-state index contributed by atoms with van der Waals surface area (Å²) in [5.41, 5.74) is 0.211. The summed E-state index contributed by atoms with van der Waals surface area (Å²) in [6.45, 7) is 1.86. The molecule has 0 radical (unpaired) electrons. The Kier molecular flexibility index (Phi) is 5.46. The van der Waals surface area contributed by atoms with E-state index in [4.69, 9.17) is 27.9 Å². The van der Waals surface area contributed by atoms with Gasteiger partial charge in [-0.15, -0.1) is 0 Å². The summed E-state index contributed by atoms with van der Waals surface area (Å²) in [6.07, 6.45) is 5.07. The highest BCUT2D eigenvalue weighted by molar-refractivity contribution is 6.31. The minimum absolute atomic E-state index is 0.0226. The highest BCUT2D eigenvalue weighted by Gasteiger charge is 2.61. The number of carbonyl (C=O) groups excluding carboxylic acids is 2. The average Bonchev–Trinajstić information content (AvgIpc) is 2.76. The molecular formula is C24H25Cl2N3O3. The van der Waals surface area contributed by atoms with Crippen LogP contribution in [-0.2, 0) is 4.79 Å². The Labute approximate surface area is 197 Å². The molecule has 2 fully saturated rings. The summed E-state index contributed by atoms with van der Waals surface area (Å²) in [5, 5.41) is 7.20. The predicted octanol–water partition coefficient (Wildman–Crippen LogP) is 5.76. The van der Waals surface area contributed by atoms with Crippen LogP contribution in [0.15, 0.2) is 42.5 Å². The summed E-state index contributed by atoms with van der Waals surface area (Å²) >= 11 is 12.2. The smallest absolute Gasteiger partial charge is 0.321 e. The normalized spacial score (nSPS) is 27.2. The maximum atomic E-state index is 13.7. The van der Waals surface area contributed by atoms with E-state index < -0.39 is 17.7 Å². The largest absolute Gasteiger partial charge is 0.467 e. The molecule has 2 aliphatic heterocycles. The number of ether oxygens (including phenoxy) is 1. The van der Waals surface area contributed by atoms with E-state index in [9.17, 15) is 9.59 Å². The van der Waals surface area contributed by atoms with Crippen LogP contribution in [0, 0.1) is 5.92 Å². The Bertz CT molecular complexity index is 1050. The maximum absolute atomic E-state index is 13.7. The average molecular weight is 474 g/mol. The van der Waals surface area contributed by atoms with Crippen molar-refractivity contribution in [1.82, 2.24) is 10.2 Å². The zero-order chi connectivity index (χ0) is 22.5. The number of rotatable bonds is 3. The molecule has 3 atom stereocenters. The third kappa shape index (κ3) is 3.59. The number of halogens is 2. The van der Waals surface area contributed by atoms with Crippen LogP contribution in [0.25, 0.3) is 0 Å². The lowest BCUT2D eigenvalue weighted by molar-refractivity contribution is -0.162. The van der Waals surface area contributed by atoms with Gasteiger partial charge in [-0.05, 0) is 62.2 Å². The van der Waals surface area contributed by atoms with Gasteiger partial charge in [-0.25, -0.2) is 4.79 Å². The van der Waals surface area contributed by atoms with Crippen molar-refractivity contribution in [2.45, 2.75) is 56.8 Å². The van der Waals surface area contributed by atoms with Gasteiger partial charge in [-0.1, -0.05) is 42.5 Å². The number of hydrogen-bond donors (Lipinski definition) is 2. The monoisotopic (exact) mass is 473 g/mol. The first-order valence-corrected chi connectivity index (χ1v) is 11.8. The van der Waals surface area contributed by atoms with Crippen LogP contribution >= 0.6 is 23.2 Å². The minimum atomic E-state index is -1.13. The molecule has 2 N–H and O–H groups in total. The lowest BCUT2D eigenvalue weighted by Gasteiger charge is -2.57. The van der Waals surface area contributed by atoms with Crippen molar-refractivity contribution < 1.29 is 14.3 Å². The molecule has 8 heteroatoms. The van der Waals surface area contributed by atoms with Crippen LogP contribution in [0.5, 0.6) is 5.75 Å². The third-order valence-corrected chi connectivity index (χ3v) is 7.33.